The Morgan fingerprint density at radius 1 is 1.07 bits per heavy atom. The smallest absolute Gasteiger partial charge is 0.313 e. The molecule has 8 heteroatoms. The molecule has 0 aromatic rings. The van der Waals surface area contributed by atoms with Crippen molar-refractivity contribution in [2.24, 2.45) is 33.3 Å². The van der Waals surface area contributed by atoms with Gasteiger partial charge in [-0.05, 0) is 37.0 Å². The maximum absolute atomic E-state index is 13.3. The standard InChI is InChI=1S/C22H40INO6/c1-15(21(7,14-24)17(25)27-9-10-30-23)11-20(5,6)22(8,19(2,3)4)18(26)29-13-16-12-28-16/h15-16H,9-14,24H2,1-8H3. The minimum absolute atomic E-state index is 0.0158. The van der Waals surface area contributed by atoms with Crippen LogP contribution in [0.4, 0.5) is 0 Å². The Kier molecular flexibility index (Phi) is 9.60. The third-order valence-corrected chi connectivity index (χ3v) is 7.69. The Bertz CT molecular complexity index is 601. The summed E-state index contributed by atoms with van der Waals surface area (Å²) in [5.74, 6) is -0.696. The van der Waals surface area contributed by atoms with Crippen LogP contribution in [-0.2, 0) is 26.9 Å². The molecule has 1 rings (SSSR count). The highest BCUT2D eigenvalue weighted by molar-refractivity contribution is 14.1. The topological polar surface area (TPSA) is 100 Å². The fourth-order valence-electron chi connectivity index (χ4n) is 4.09. The van der Waals surface area contributed by atoms with Gasteiger partial charge in [0, 0.05) is 6.54 Å². The molecule has 4 atom stereocenters. The number of ether oxygens (including phenoxy) is 3. The Balaban J connectivity index is 3.07. The van der Waals surface area contributed by atoms with Gasteiger partial charge >= 0.3 is 11.9 Å². The van der Waals surface area contributed by atoms with Crippen LogP contribution in [0.25, 0.3) is 0 Å². The molecule has 1 saturated heterocycles. The summed E-state index contributed by atoms with van der Waals surface area (Å²) in [5.41, 5.74) is 3.53. The van der Waals surface area contributed by atoms with Crippen molar-refractivity contribution in [3.8, 4) is 0 Å². The van der Waals surface area contributed by atoms with Crippen LogP contribution >= 0.6 is 23.0 Å². The van der Waals surface area contributed by atoms with Crippen LogP contribution in [0.2, 0.25) is 0 Å². The van der Waals surface area contributed by atoms with Gasteiger partial charge in [-0.2, -0.15) is 0 Å². The lowest BCUT2D eigenvalue weighted by Gasteiger charge is -2.52. The molecule has 0 radical (unpaired) electrons. The first-order valence-corrected chi connectivity index (χ1v) is 11.4. The van der Waals surface area contributed by atoms with Gasteiger partial charge in [0.15, 0.2) is 0 Å². The summed E-state index contributed by atoms with van der Waals surface area (Å²) in [7, 11) is 0. The molecule has 0 aromatic heterocycles. The number of carbonyl (C=O) groups excluding carboxylic acids is 2. The number of epoxide rings is 1. The van der Waals surface area contributed by atoms with Crippen LogP contribution in [0, 0.1) is 27.6 Å². The monoisotopic (exact) mass is 541 g/mol. The molecule has 0 bridgehead atoms. The number of halogens is 1. The van der Waals surface area contributed by atoms with E-state index in [9.17, 15) is 9.59 Å². The minimum Gasteiger partial charge on any atom is -0.463 e. The van der Waals surface area contributed by atoms with Crippen molar-refractivity contribution in [2.75, 3.05) is 33.0 Å². The van der Waals surface area contributed by atoms with Crippen molar-refractivity contribution in [3.05, 3.63) is 0 Å². The molecule has 7 nitrogen and oxygen atoms in total. The molecule has 1 heterocycles. The molecular formula is C22H40INO6. The maximum atomic E-state index is 13.3. The third-order valence-electron chi connectivity index (χ3n) is 7.25. The summed E-state index contributed by atoms with van der Waals surface area (Å²) in [5, 5.41) is 0. The second kappa shape index (κ2) is 10.4. The summed E-state index contributed by atoms with van der Waals surface area (Å²) in [6.07, 6.45) is 0.614. The van der Waals surface area contributed by atoms with Crippen LogP contribution in [-0.4, -0.2) is 51.0 Å². The van der Waals surface area contributed by atoms with Gasteiger partial charge in [0.25, 0.3) is 0 Å². The number of hydrogen-bond donors (Lipinski definition) is 1. The summed E-state index contributed by atoms with van der Waals surface area (Å²) in [4.78, 5) is 26.1. The highest BCUT2D eigenvalue weighted by atomic mass is 127. The Morgan fingerprint density at radius 3 is 2.07 bits per heavy atom. The van der Waals surface area contributed by atoms with E-state index in [2.05, 4.69) is 34.6 Å². The zero-order valence-corrected chi connectivity index (χ0v) is 22.0. The summed E-state index contributed by atoms with van der Waals surface area (Å²) >= 11 is 1.76. The second-order valence-corrected chi connectivity index (χ2v) is 11.1. The molecule has 30 heavy (non-hydrogen) atoms. The second-order valence-electron chi connectivity index (χ2n) is 10.5. The van der Waals surface area contributed by atoms with Gasteiger partial charge in [-0.1, -0.05) is 41.5 Å². The number of hydrogen-bond acceptors (Lipinski definition) is 7. The van der Waals surface area contributed by atoms with Crippen LogP contribution < -0.4 is 5.73 Å². The Labute approximate surface area is 195 Å². The fourth-order valence-corrected chi connectivity index (χ4v) is 4.27. The predicted octanol–water partition coefficient (Wildman–Crippen LogP) is 3.91. The molecule has 0 saturated carbocycles. The number of esters is 2. The van der Waals surface area contributed by atoms with Crippen LogP contribution in [0.15, 0.2) is 0 Å². The quantitative estimate of drug-likeness (QED) is 0.173. The average molecular weight is 541 g/mol. The molecule has 0 aliphatic carbocycles. The van der Waals surface area contributed by atoms with E-state index in [-0.39, 0.29) is 49.1 Å². The molecule has 0 amide bonds. The molecule has 0 spiro atoms. The number of rotatable bonds is 12. The van der Waals surface area contributed by atoms with Crippen molar-refractivity contribution >= 4 is 34.9 Å². The van der Waals surface area contributed by atoms with Gasteiger partial charge in [0.2, 0.25) is 0 Å². The number of carbonyl (C=O) groups is 2. The van der Waals surface area contributed by atoms with E-state index < -0.39 is 16.2 Å². The molecule has 4 unspecified atom stereocenters. The average Bonchev–Trinajstić information content (AvgIpc) is 3.47. The third kappa shape index (κ3) is 6.07. The van der Waals surface area contributed by atoms with Crippen molar-refractivity contribution in [1.82, 2.24) is 0 Å². The first kappa shape index (κ1) is 27.6. The highest BCUT2D eigenvalue weighted by Crippen LogP contribution is 2.56. The van der Waals surface area contributed by atoms with E-state index in [0.717, 1.165) is 0 Å². The lowest BCUT2D eigenvalue weighted by atomic mass is 9.51. The highest BCUT2D eigenvalue weighted by Gasteiger charge is 2.57. The first-order chi connectivity index (χ1) is 13.7. The van der Waals surface area contributed by atoms with Gasteiger partial charge in [-0.25, -0.2) is 0 Å². The molecule has 2 N–H and O–H groups in total. The molecule has 1 aliphatic rings. The van der Waals surface area contributed by atoms with Gasteiger partial charge < -0.3 is 23.0 Å². The largest absolute Gasteiger partial charge is 0.463 e. The van der Waals surface area contributed by atoms with E-state index in [1.807, 2.05) is 20.8 Å². The molecule has 1 fully saturated rings. The van der Waals surface area contributed by atoms with Gasteiger partial charge in [0.1, 0.15) is 42.3 Å². The zero-order chi connectivity index (χ0) is 23.4. The van der Waals surface area contributed by atoms with E-state index in [4.69, 9.17) is 23.0 Å². The Hall–Kier alpha value is -0.450. The first-order valence-electron chi connectivity index (χ1n) is 10.6. The van der Waals surface area contributed by atoms with Gasteiger partial charge in [0.05, 0.1) is 24.0 Å². The predicted molar refractivity (Wildman–Crippen MR) is 124 cm³/mol. The van der Waals surface area contributed by atoms with Gasteiger partial charge in [-0.15, -0.1) is 0 Å². The van der Waals surface area contributed by atoms with Crippen molar-refractivity contribution < 1.29 is 26.9 Å². The lowest BCUT2D eigenvalue weighted by molar-refractivity contribution is -0.177. The maximum Gasteiger partial charge on any atom is 0.313 e. The summed E-state index contributed by atoms with van der Waals surface area (Å²) < 4.78 is 21.2. The molecular weight excluding hydrogens is 501 g/mol. The van der Waals surface area contributed by atoms with E-state index in [1.54, 1.807) is 23.0 Å². The Morgan fingerprint density at radius 2 is 1.63 bits per heavy atom. The zero-order valence-electron chi connectivity index (χ0n) is 19.8. The molecule has 176 valence electrons. The summed E-state index contributed by atoms with van der Waals surface area (Å²) in [6.45, 7) is 17.7. The normalized spacial score (nSPS) is 21.9. The van der Waals surface area contributed by atoms with Crippen molar-refractivity contribution in [3.63, 3.8) is 0 Å². The lowest BCUT2D eigenvalue weighted by Crippen LogP contribution is -2.54. The minimum atomic E-state index is -0.868. The van der Waals surface area contributed by atoms with Crippen LogP contribution in [0.3, 0.4) is 0 Å². The fraction of sp³-hybridized carbons (Fsp3) is 0.909. The van der Waals surface area contributed by atoms with E-state index in [0.29, 0.717) is 19.6 Å². The molecule has 0 aromatic carbocycles. The molecule has 1 aliphatic heterocycles. The van der Waals surface area contributed by atoms with E-state index >= 15 is 0 Å². The van der Waals surface area contributed by atoms with E-state index in [1.165, 1.54) is 0 Å². The van der Waals surface area contributed by atoms with Crippen LogP contribution in [0.1, 0.15) is 61.8 Å². The summed E-state index contributed by atoms with van der Waals surface area (Å²) in [6, 6.07) is 0. The van der Waals surface area contributed by atoms with Crippen LogP contribution in [0.5, 0.6) is 0 Å². The number of nitrogens with two attached hydrogens (primary N) is 1. The van der Waals surface area contributed by atoms with Gasteiger partial charge in [-0.3, -0.25) is 9.59 Å². The SMILES string of the molecule is CC(CC(C)(C)C(C)(C(=O)OCC1CO1)C(C)(C)C)C(C)(CN)C(=O)OCCOI. The van der Waals surface area contributed by atoms with Crippen molar-refractivity contribution in [1.29, 1.82) is 0 Å². The van der Waals surface area contributed by atoms with Crippen molar-refractivity contribution in [2.45, 2.75) is 67.9 Å².